The first-order valence-corrected chi connectivity index (χ1v) is 7.30. The van der Waals surface area contributed by atoms with Crippen LogP contribution in [0.2, 0.25) is 0 Å². The molecule has 3 heteroatoms. The van der Waals surface area contributed by atoms with Crippen LogP contribution in [0.4, 0.5) is 0 Å². The lowest BCUT2D eigenvalue weighted by Gasteiger charge is -2.16. The zero-order valence-corrected chi connectivity index (χ0v) is 11.8. The lowest BCUT2D eigenvalue weighted by atomic mass is 10.1. The Bertz CT molecular complexity index is 439. The van der Waals surface area contributed by atoms with Crippen LogP contribution in [0.5, 0.6) is 0 Å². The smallest absolute Gasteiger partial charge is 0.0965 e. The highest BCUT2D eigenvalue weighted by Gasteiger charge is 2.10. The van der Waals surface area contributed by atoms with E-state index in [2.05, 4.69) is 54.5 Å². The van der Waals surface area contributed by atoms with Gasteiger partial charge in [0, 0.05) is 30.1 Å². The molecule has 0 spiro atoms. The molecule has 0 aliphatic carbocycles. The van der Waals surface area contributed by atoms with Crippen LogP contribution in [0.3, 0.4) is 0 Å². The normalized spacial score (nSPS) is 14.3. The van der Waals surface area contributed by atoms with Gasteiger partial charge in [0.1, 0.15) is 0 Å². The molecule has 0 saturated heterocycles. The van der Waals surface area contributed by atoms with Crippen LogP contribution < -0.4 is 5.32 Å². The molecule has 1 aromatic carbocycles. The van der Waals surface area contributed by atoms with Crippen molar-refractivity contribution < 1.29 is 0 Å². The standard InChI is InChI=1S/C15H20N2S/c1-12(15-16-8-9-18-15)11-17-13(2)10-14-6-4-3-5-7-14/h3-9,12-13,17H,10-11H2,1-2H3. The summed E-state index contributed by atoms with van der Waals surface area (Å²) in [6.07, 6.45) is 2.95. The maximum Gasteiger partial charge on any atom is 0.0965 e. The maximum absolute atomic E-state index is 4.36. The molecule has 0 aliphatic rings. The lowest BCUT2D eigenvalue weighted by molar-refractivity contribution is 0.516. The molecule has 0 radical (unpaired) electrons. The number of rotatable bonds is 6. The van der Waals surface area contributed by atoms with Gasteiger partial charge in [-0.3, -0.25) is 0 Å². The van der Waals surface area contributed by atoms with Gasteiger partial charge in [-0.25, -0.2) is 4.98 Å². The van der Waals surface area contributed by atoms with Gasteiger partial charge in [0.05, 0.1) is 5.01 Å². The third-order valence-corrected chi connectivity index (χ3v) is 4.04. The second-order valence-corrected chi connectivity index (χ2v) is 5.70. The van der Waals surface area contributed by atoms with Crippen LogP contribution in [-0.2, 0) is 6.42 Å². The minimum absolute atomic E-state index is 0.489. The Balaban J connectivity index is 1.77. The van der Waals surface area contributed by atoms with E-state index in [-0.39, 0.29) is 0 Å². The first-order chi connectivity index (χ1) is 8.75. The average molecular weight is 260 g/mol. The van der Waals surface area contributed by atoms with Crippen molar-refractivity contribution in [3.05, 3.63) is 52.5 Å². The number of hydrogen-bond acceptors (Lipinski definition) is 3. The monoisotopic (exact) mass is 260 g/mol. The molecular weight excluding hydrogens is 240 g/mol. The third-order valence-electron chi connectivity index (χ3n) is 3.03. The van der Waals surface area contributed by atoms with E-state index in [1.807, 2.05) is 11.6 Å². The number of nitrogens with zero attached hydrogens (tertiary/aromatic N) is 1. The van der Waals surface area contributed by atoms with Crippen LogP contribution in [0, 0.1) is 0 Å². The highest BCUT2D eigenvalue weighted by Crippen LogP contribution is 2.16. The number of benzene rings is 1. The zero-order valence-electron chi connectivity index (χ0n) is 11.0. The number of hydrogen-bond donors (Lipinski definition) is 1. The molecule has 1 heterocycles. The Morgan fingerprint density at radius 2 is 2.00 bits per heavy atom. The molecule has 2 nitrogen and oxygen atoms in total. The average Bonchev–Trinajstić information content (AvgIpc) is 2.91. The lowest BCUT2D eigenvalue weighted by Crippen LogP contribution is -2.31. The molecule has 2 unspecified atom stereocenters. The van der Waals surface area contributed by atoms with E-state index < -0.39 is 0 Å². The molecule has 2 atom stereocenters. The SMILES string of the molecule is CC(Cc1ccccc1)NCC(C)c1nccs1. The van der Waals surface area contributed by atoms with E-state index in [9.17, 15) is 0 Å². The fourth-order valence-corrected chi connectivity index (χ4v) is 2.68. The molecule has 18 heavy (non-hydrogen) atoms. The molecule has 0 saturated carbocycles. The van der Waals surface area contributed by atoms with Crippen molar-refractivity contribution in [3.63, 3.8) is 0 Å². The van der Waals surface area contributed by atoms with Crippen molar-refractivity contribution >= 4 is 11.3 Å². The van der Waals surface area contributed by atoms with Gasteiger partial charge in [-0.05, 0) is 18.9 Å². The summed E-state index contributed by atoms with van der Waals surface area (Å²) >= 11 is 1.74. The van der Waals surface area contributed by atoms with Crippen LogP contribution in [-0.4, -0.2) is 17.6 Å². The quantitative estimate of drug-likeness (QED) is 0.860. The van der Waals surface area contributed by atoms with E-state index in [1.165, 1.54) is 10.6 Å². The van der Waals surface area contributed by atoms with Crippen LogP contribution >= 0.6 is 11.3 Å². The fourth-order valence-electron chi connectivity index (χ4n) is 1.98. The van der Waals surface area contributed by atoms with Crippen molar-refractivity contribution in [2.75, 3.05) is 6.54 Å². The Morgan fingerprint density at radius 3 is 2.67 bits per heavy atom. The molecular formula is C15H20N2S. The Kier molecular flexibility index (Phi) is 4.90. The molecule has 2 rings (SSSR count). The predicted molar refractivity (Wildman–Crippen MR) is 78.1 cm³/mol. The van der Waals surface area contributed by atoms with Gasteiger partial charge < -0.3 is 5.32 Å². The first-order valence-electron chi connectivity index (χ1n) is 6.42. The predicted octanol–water partition coefficient (Wildman–Crippen LogP) is 3.47. The fraction of sp³-hybridized carbons (Fsp3) is 0.400. The highest BCUT2D eigenvalue weighted by molar-refractivity contribution is 7.09. The summed E-state index contributed by atoms with van der Waals surface area (Å²) in [5.74, 6) is 0.489. The van der Waals surface area contributed by atoms with Gasteiger partial charge in [-0.15, -0.1) is 11.3 Å². The van der Waals surface area contributed by atoms with Gasteiger partial charge in [-0.2, -0.15) is 0 Å². The molecule has 96 valence electrons. The second kappa shape index (κ2) is 6.66. The van der Waals surface area contributed by atoms with Gasteiger partial charge >= 0.3 is 0 Å². The van der Waals surface area contributed by atoms with Crippen molar-refractivity contribution in [2.24, 2.45) is 0 Å². The van der Waals surface area contributed by atoms with Crippen LogP contribution in [0.1, 0.15) is 30.3 Å². The topological polar surface area (TPSA) is 24.9 Å². The molecule has 1 N–H and O–H groups in total. The van der Waals surface area contributed by atoms with E-state index in [4.69, 9.17) is 0 Å². The van der Waals surface area contributed by atoms with Crippen molar-refractivity contribution in [3.8, 4) is 0 Å². The summed E-state index contributed by atoms with van der Waals surface area (Å²) in [6, 6.07) is 11.1. The second-order valence-electron chi connectivity index (χ2n) is 4.77. The largest absolute Gasteiger partial charge is 0.313 e. The van der Waals surface area contributed by atoms with Gasteiger partial charge in [-0.1, -0.05) is 37.3 Å². The molecule has 0 amide bonds. The third kappa shape index (κ3) is 3.93. The van der Waals surface area contributed by atoms with Gasteiger partial charge in [0.2, 0.25) is 0 Å². The van der Waals surface area contributed by atoms with Crippen molar-refractivity contribution in [1.29, 1.82) is 0 Å². The number of nitrogens with one attached hydrogen (secondary N) is 1. The Labute approximate surface area is 113 Å². The molecule has 0 aliphatic heterocycles. The highest BCUT2D eigenvalue weighted by atomic mass is 32.1. The van der Waals surface area contributed by atoms with E-state index >= 15 is 0 Å². The summed E-state index contributed by atoms with van der Waals surface area (Å²) < 4.78 is 0. The number of aromatic nitrogens is 1. The van der Waals surface area contributed by atoms with Gasteiger partial charge in [0.15, 0.2) is 0 Å². The molecule has 1 aromatic heterocycles. The summed E-state index contributed by atoms with van der Waals surface area (Å²) in [5, 5.41) is 6.84. The first kappa shape index (κ1) is 13.2. The van der Waals surface area contributed by atoms with Gasteiger partial charge in [0.25, 0.3) is 0 Å². The summed E-state index contributed by atoms with van der Waals surface area (Å²) in [6.45, 7) is 5.45. The summed E-state index contributed by atoms with van der Waals surface area (Å²) in [5.41, 5.74) is 1.39. The molecule has 0 bridgehead atoms. The minimum atomic E-state index is 0.489. The van der Waals surface area contributed by atoms with E-state index in [0.29, 0.717) is 12.0 Å². The summed E-state index contributed by atoms with van der Waals surface area (Å²) in [7, 11) is 0. The summed E-state index contributed by atoms with van der Waals surface area (Å²) in [4.78, 5) is 4.36. The Morgan fingerprint density at radius 1 is 1.22 bits per heavy atom. The minimum Gasteiger partial charge on any atom is -0.313 e. The van der Waals surface area contributed by atoms with Crippen LogP contribution in [0.15, 0.2) is 41.9 Å². The van der Waals surface area contributed by atoms with Crippen molar-refractivity contribution in [1.82, 2.24) is 10.3 Å². The van der Waals surface area contributed by atoms with Crippen LogP contribution in [0.25, 0.3) is 0 Å². The molecule has 2 aromatic rings. The Hall–Kier alpha value is -1.19. The van der Waals surface area contributed by atoms with Crippen molar-refractivity contribution in [2.45, 2.75) is 32.2 Å². The molecule has 0 fully saturated rings. The van der Waals surface area contributed by atoms with E-state index in [1.54, 1.807) is 11.3 Å². The zero-order chi connectivity index (χ0) is 12.8. The number of thiazole rings is 1. The van der Waals surface area contributed by atoms with E-state index in [0.717, 1.165) is 13.0 Å². The maximum atomic E-state index is 4.36.